The number of alkyl halides is 3. The highest BCUT2D eigenvalue weighted by molar-refractivity contribution is 5.90. The number of halogens is 3. The highest BCUT2D eigenvalue weighted by Crippen LogP contribution is 2.41. The zero-order chi connectivity index (χ0) is 20.2. The van der Waals surface area contributed by atoms with Crippen molar-refractivity contribution < 1.29 is 18.0 Å². The molecule has 28 heavy (non-hydrogen) atoms. The number of rotatable bonds is 2. The van der Waals surface area contributed by atoms with Crippen molar-refractivity contribution in [3.8, 4) is 11.1 Å². The number of pyridine rings is 1. The molecule has 2 fully saturated rings. The van der Waals surface area contributed by atoms with Crippen LogP contribution in [0.1, 0.15) is 50.4 Å². The van der Waals surface area contributed by atoms with Crippen LogP contribution in [0, 0.1) is 0 Å². The molecule has 2 aliphatic heterocycles. The van der Waals surface area contributed by atoms with E-state index in [1.807, 2.05) is 19.9 Å². The topological polar surface area (TPSA) is 54.0 Å². The molecule has 1 spiro atoms. The van der Waals surface area contributed by atoms with Crippen LogP contribution < -0.4 is 10.6 Å². The van der Waals surface area contributed by atoms with Gasteiger partial charge in [0.2, 0.25) is 5.91 Å². The Kier molecular flexibility index (Phi) is 4.26. The van der Waals surface area contributed by atoms with Crippen molar-refractivity contribution in [1.29, 1.82) is 0 Å². The third kappa shape index (κ3) is 3.39. The summed E-state index contributed by atoms with van der Waals surface area (Å²) >= 11 is 0. The first-order valence-corrected chi connectivity index (χ1v) is 9.32. The quantitative estimate of drug-likeness (QED) is 0.808. The van der Waals surface area contributed by atoms with Crippen molar-refractivity contribution in [2.75, 3.05) is 0 Å². The SMILES string of the molecule is CC1(C)C[C@]2(CC[C@H](c3cc(-c4ccc(C(F)(F)F)cc4)ccn3)N2)C(=O)N1. The molecule has 2 aliphatic rings. The van der Waals surface area contributed by atoms with E-state index in [-0.39, 0.29) is 17.5 Å². The minimum Gasteiger partial charge on any atom is -0.350 e. The summed E-state index contributed by atoms with van der Waals surface area (Å²) in [5, 5.41) is 6.51. The molecule has 0 bridgehead atoms. The molecule has 2 N–H and O–H groups in total. The summed E-state index contributed by atoms with van der Waals surface area (Å²) in [6.45, 7) is 4.02. The number of aromatic nitrogens is 1. The number of nitrogens with zero attached hydrogens (tertiary/aromatic N) is 1. The molecule has 0 aliphatic carbocycles. The Morgan fingerprint density at radius 2 is 1.82 bits per heavy atom. The van der Waals surface area contributed by atoms with Crippen LogP contribution in [0.4, 0.5) is 13.2 Å². The molecule has 3 heterocycles. The molecule has 7 heteroatoms. The average Bonchev–Trinajstić information content (AvgIpc) is 3.15. The summed E-state index contributed by atoms with van der Waals surface area (Å²) in [5.41, 5.74) is 0.822. The number of amides is 1. The van der Waals surface area contributed by atoms with Crippen molar-refractivity contribution in [2.24, 2.45) is 0 Å². The Labute approximate surface area is 161 Å². The highest BCUT2D eigenvalue weighted by Gasteiger charge is 2.54. The molecule has 2 aromatic rings. The summed E-state index contributed by atoms with van der Waals surface area (Å²) in [6.07, 6.45) is -0.451. The number of carbonyl (C=O) groups is 1. The fraction of sp³-hybridized carbons (Fsp3) is 0.429. The molecular weight excluding hydrogens is 367 g/mol. The molecule has 4 rings (SSSR count). The van der Waals surface area contributed by atoms with Crippen LogP contribution in [0.25, 0.3) is 11.1 Å². The van der Waals surface area contributed by atoms with Crippen molar-refractivity contribution in [1.82, 2.24) is 15.6 Å². The molecule has 0 saturated carbocycles. The van der Waals surface area contributed by atoms with Gasteiger partial charge in [-0.2, -0.15) is 13.2 Å². The third-order valence-electron chi connectivity index (χ3n) is 5.62. The lowest BCUT2D eigenvalue weighted by atomic mass is 9.88. The standard InChI is InChI=1S/C21H22F3N3O/c1-19(2)12-20(18(28)27-19)9-7-16(26-20)17-11-14(8-10-25-17)13-3-5-15(6-4-13)21(22,23)24/h3-6,8,10-11,16,26H,7,9,12H2,1-2H3,(H,27,28)/t16-,20-/m1/s1. The highest BCUT2D eigenvalue weighted by atomic mass is 19.4. The van der Waals surface area contributed by atoms with Crippen LogP contribution in [0.15, 0.2) is 42.6 Å². The summed E-state index contributed by atoms with van der Waals surface area (Å²) in [6, 6.07) is 8.72. The lowest BCUT2D eigenvalue weighted by Gasteiger charge is -2.23. The first-order valence-electron chi connectivity index (χ1n) is 9.32. The number of hydrogen-bond acceptors (Lipinski definition) is 3. The van der Waals surface area contributed by atoms with Crippen LogP contribution in [-0.4, -0.2) is 22.0 Å². The Morgan fingerprint density at radius 1 is 1.11 bits per heavy atom. The van der Waals surface area contributed by atoms with Crippen molar-refractivity contribution >= 4 is 5.91 Å². The second-order valence-corrected chi connectivity index (χ2v) is 8.38. The predicted molar refractivity (Wildman–Crippen MR) is 99.4 cm³/mol. The minimum absolute atomic E-state index is 0.0268. The van der Waals surface area contributed by atoms with E-state index in [9.17, 15) is 18.0 Å². The first-order chi connectivity index (χ1) is 13.1. The fourth-order valence-electron chi connectivity index (χ4n) is 4.38. The van der Waals surface area contributed by atoms with Gasteiger partial charge in [-0.05, 0) is 68.5 Å². The van der Waals surface area contributed by atoms with Gasteiger partial charge in [-0.1, -0.05) is 12.1 Å². The fourth-order valence-corrected chi connectivity index (χ4v) is 4.38. The maximum atomic E-state index is 12.8. The van der Waals surface area contributed by atoms with Gasteiger partial charge in [-0.3, -0.25) is 15.1 Å². The van der Waals surface area contributed by atoms with Gasteiger partial charge in [0.25, 0.3) is 0 Å². The van der Waals surface area contributed by atoms with E-state index >= 15 is 0 Å². The van der Waals surface area contributed by atoms with Gasteiger partial charge in [0.1, 0.15) is 5.54 Å². The van der Waals surface area contributed by atoms with Gasteiger partial charge < -0.3 is 5.32 Å². The molecular formula is C21H22F3N3O. The Balaban J connectivity index is 1.56. The lowest BCUT2D eigenvalue weighted by molar-refractivity contribution is -0.137. The lowest BCUT2D eigenvalue weighted by Crippen LogP contribution is -2.47. The Bertz CT molecular complexity index is 908. The minimum atomic E-state index is -4.35. The number of hydrogen-bond donors (Lipinski definition) is 2. The monoisotopic (exact) mass is 389 g/mol. The maximum Gasteiger partial charge on any atom is 0.416 e. The Hall–Kier alpha value is -2.41. The largest absolute Gasteiger partial charge is 0.416 e. The number of nitrogens with one attached hydrogen (secondary N) is 2. The van der Waals surface area contributed by atoms with Gasteiger partial charge in [0, 0.05) is 11.7 Å². The van der Waals surface area contributed by atoms with E-state index in [0.717, 1.165) is 36.2 Å². The van der Waals surface area contributed by atoms with E-state index in [1.54, 1.807) is 12.3 Å². The molecule has 1 aromatic heterocycles. The van der Waals surface area contributed by atoms with E-state index in [4.69, 9.17) is 0 Å². The zero-order valence-electron chi connectivity index (χ0n) is 15.7. The maximum absolute atomic E-state index is 12.8. The molecule has 0 radical (unpaired) electrons. The second-order valence-electron chi connectivity index (χ2n) is 8.38. The average molecular weight is 389 g/mol. The normalized spacial score (nSPS) is 26.6. The van der Waals surface area contributed by atoms with Gasteiger partial charge in [0.05, 0.1) is 17.3 Å². The molecule has 1 amide bonds. The molecule has 4 nitrogen and oxygen atoms in total. The van der Waals surface area contributed by atoms with Crippen LogP contribution in [-0.2, 0) is 11.0 Å². The van der Waals surface area contributed by atoms with E-state index in [1.165, 1.54) is 12.1 Å². The van der Waals surface area contributed by atoms with Crippen LogP contribution >= 0.6 is 0 Å². The molecule has 2 saturated heterocycles. The predicted octanol–water partition coefficient (Wildman–Crippen LogP) is 4.23. The third-order valence-corrected chi connectivity index (χ3v) is 5.62. The first kappa shape index (κ1) is 18.9. The Morgan fingerprint density at radius 3 is 2.43 bits per heavy atom. The summed E-state index contributed by atoms with van der Waals surface area (Å²) in [4.78, 5) is 17.0. The van der Waals surface area contributed by atoms with Gasteiger partial charge >= 0.3 is 6.18 Å². The molecule has 1 aromatic carbocycles. The van der Waals surface area contributed by atoms with Crippen LogP contribution in [0.2, 0.25) is 0 Å². The van der Waals surface area contributed by atoms with Crippen molar-refractivity contribution in [3.05, 3.63) is 53.9 Å². The van der Waals surface area contributed by atoms with Gasteiger partial charge in [-0.25, -0.2) is 0 Å². The summed E-state index contributed by atoms with van der Waals surface area (Å²) < 4.78 is 38.3. The van der Waals surface area contributed by atoms with Crippen LogP contribution in [0.5, 0.6) is 0 Å². The molecule has 0 unspecified atom stereocenters. The van der Waals surface area contributed by atoms with Crippen LogP contribution in [0.3, 0.4) is 0 Å². The van der Waals surface area contributed by atoms with Gasteiger partial charge in [0.15, 0.2) is 0 Å². The summed E-state index contributed by atoms with van der Waals surface area (Å²) in [5.74, 6) is 0.0268. The van der Waals surface area contributed by atoms with E-state index in [2.05, 4.69) is 15.6 Å². The van der Waals surface area contributed by atoms with E-state index < -0.39 is 17.3 Å². The molecule has 148 valence electrons. The van der Waals surface area contributed by atoms with Gasteiger partial charge in [-0.15, -0.1) is 0 Å². The van der Waals surface area contributed by atoms with Crippen molar-refractivity contribution in [3.63, 3.8) is 0 Å². The second kappa shape index (κ2) is 6.30. The van der Waals surface area contributed by atoms with E-state index in [0.29, 0.717) is 12.0 Å². The smallest absolute Gasteiger partial charge is 0.350 e. The number of benzene rings is 1. The summed E-state index contributed by atoms with van der Waals surface area (Å²) in [7, 11) is 0. The molecule has 2 atom stereocenters. The zero-order valence-corrected chi connectivity index (χ0v) is 15.7. The van der Waals surface area contributed by atoms with Crippen molar-refractivity contribution in [2.45, 2.75) is 56.4 Å². The number of carbonyl (C=O) groups excluding carboxylic acids is 1.